The van der Waals surface area contributed by atoms with E-state index in [2.05, 4.69) is 22.4 Å². The molecule has 8 heteroatoms. The van der Waals surface area contributed by atoms with Gasteiger partial charge >= 0.3 is 0 Å². The number of ether oxygens (including phenoxy) is 1. The Labute approximate surface area is 168 Å². The first-order valence-electron chi connectivity index (χ1n) is 9.92. The van der Waals surface area contributed by atoms with E-state index < -0.39 is 0 Å². The van der Waals surface area contributed by atoms with Crippen LogP contribution in [-0.4, -0.2) is 40.4 Å². The Hall–Kier alpha value is -3.00. The lowest BCUT2D eigenvalue weighted by Gasteiger charge is -2.07. The molecule has 1 aromatic carbocycles. The normalized spacial score (nSPS) is 11.1. The summed E-state index contributed by atoms with van der Waals surface area (Å²) < 4.78 is 11.9. The maximum atomic E-state index is 12.7. The fourth-order valence-corrected chi connectivity index (χ4v) is 2.96. The Bertz CT molecular complexity index is 1010. The zero-order valence-electron chi connectivity index (χ0n) is 16.8. The third-order valence-corrected chi connectivity index (χ3v) is 4.66. The maximum absolute atomic E-state index is 12.7. The van der Waals surface area contributed by atoms with Gasteiger partial charge < -0.3 is 14.6 Å². The lowest BCUT2D eigenvalue weighted by Crippen LogP contribution is -2.28. The quantitative estimate of drug-likeness (QED) is 0.527. The third-order valence-electron chi connectivity index (χ3n) is 4.66. The van der Waals surface area contributed by atoms with Gasteiger partial charge in [0, 0.05) is 38.3 Å². The Morgan fingerprint density at radius 3 is 2.76 bits per heavy atom. The molecule has 3 rings (SSSR count). The van der Waals surface area contributed by atoms with Crippen molar-refractivity contribution in [2.24, 2.45) is 0 Å². The molecule has 154 valence electrons. The van der Waals surface area contributed by atoms with Crippen molar-refractivity contribution >= 4 is 17.0 Å². The van der Waals surface area contributed by atoms with Crippen molar-refractivity contribution < 1.29 is 14.1 Å². The van der Waals surface area contributed by atoms with Crippen LogP contribution >= 0.6 is 0 Å². The van der Waals surface area contributed by atoms with Crippen LogP contribution in [0.3, 0.4) is 0 Å². The monoisotopic (exact) mass is 398 g/mol. The number of rotatable bonds is 10. The molecule has 0 unspecified atom stereocenters. The van der Waals surface area contributed by atoms with E-state index in [9.17, 15) is 9.59 Å². The molecule has 3 aromatic rings. The van der Waals surface area contributed by atoms with E-state index in [1.54, 1.807) is 0 Å². The van der Waals surface area contributed by atoms with Gasteiger partial charge in [-0.2, -0.15) is 0 Å². The number of nitrogens with one attached hydrogen (secondary N) is 1. The van der Waals surface area contributed by atoms with Gasteiger partial charge in [-0.1, -0.05) is 36.3 Å². The van der Waals surface area contributed by atoms with E-state index in [0.29, 0.717) is 31.0 Å². The van der Waals surface area contributed by atoms with E-state index in [0.717, 1.165) is 18.4 Å². The molecule has 0 fully saturated rings. The molecule has 0 aliphatic carbocycles. The Morgan fingerprint density at radius 2 is 2.03 bits per heavy atom. The van der Waals surface area contributed by atoms with Crippen LogP contribution in [0.1, 0.15) is 32.3 Å². The summed E-state index contributed by atoms with van der Waals surface area (Å²) in [5.41, 5.74) is 2.78. The summed E-state index contributed by atoms with van der Waals surface area (Å²) in [6.07, 6.45) is 3.32. The number of hydrogen-bond acceptors (Lipinski definition) is 6. The first-order valence-corrected chi connectivity index (χ1v) is 9.92. The van der Waals surface area contributed by atoms with Gasteiger partial charge in [-0.15, -0.1) is 0 Å². The molecular formula is C21H26N4O4. The average Bonchev–Trinajstić information content (AvgIpc) is 3.18. The molecular weight excluding hydrogens is 372 g/mol. The molecule has 2 aromatic heterocycles. The number of aryl methyl sites for hydroxylation is 2. The van der Waals surface area contributed by atoms with Crippen LogP contribution in [0, 0.1) is 0 Å². The standard InChI is InChI=1S/C21H26N4O4/c1-3-15-6-8-16(9-7-15)18-19-20(29-24-18)21(27)25(14-23-19)12-10-17(26)22-11-5-13-28-4-2/h6-9,14H,3-5,10-13H2,1-2H3,(H,22,26). The van der Waals surface area contributed by atoms with Crippen LogP contribution in [0.5, 0.6) is 0 Å². The minimum absolute atomic E-state index is 0.0965. The highest BCUT2D eigenvalue weighted by molar-refractivity contribution is 5.87. The van der Waals surface area contributed by atoms with Gasteiger partial charge in [-0.3, -0.25) is 14.2 Å². The molecule has 0 radical (unpaired) electrons. The molecule has 0 bridgehead atoms. The van der Waals surface area contributed by atoms with Gasteiger partial charge in [0.05, 0.1) is 6.33 Å². The first kappa shape index (κ1) is 20.7. The fourth-order valence-electron chi connectivity index (χ4n) is 2.96. The van der Waals surface area contributed by atoms with Crippen molar-refractivity contribution in [2.75, 3.05) is 19.8 Å². The predicted octanol–water partition coefficient (Wildman–Crippen LogP) is 2.55. The lowest BCUT2D eigenvalue weighted by molar-refractivity contribution is -0.121. The predicted molar refractivity (Wildman–Crippen MR) is 110 cm³/mol. The van der Waals surface area contributed by atoms with E-state index >= 15 is 0 Å². The van der Waals surface area contributed by atoms with Gasteiger partial charge in [0.1, 0.15) is 11.2 Å². The SMILES string of the molecule is CCOCCCNC(=O)CCn1cnc2c(-c3ccc(CC)cc3)noc2c1=O. The van der Waals surface area contributed by atoms with Crippen LogP contribution in [0.25, 0.3) is 22.4 Å². The van der Waals surface area contributed by atoms with Crippen LogP contribution < -0.4 is 10.9 Å². The summed E-state index contributed by atoms with van der Waals surface area (Å²) >= 11 is 0. The Morgan fingerprint density at radius 1 is 1.24 bits per heavy atom. The molecule has 1 amide bonds. The smallest absolute Gasteiger partial charge is 0.299 e. The zero-order chi connectivity index (χ0) is 20.6. The van der Waals surface area contributed by atoms with Crippen LogP contribution in [-0.2, 0) is 22.5 Å². The highest BCUT2D eigenvalue weighted by Crippen LogP contribution is 2.24. The van der Waals surface area contributed by atoms with Gasteiger partial charge in [-0.25, -0.2) is 4.98 Å². The molecule has 0 atom stereocenters. The van der Waals surface area contributed by atoms with Gasteiger partial charge in [0.15, 0.2) is 0 Å². The van der Waals surface area contributed by atoms with Crippen molar-refractivity contribution in [3.05, 3.63) is 46.5 Å². The minimum Gasteiger partial charge on any atom is -0.382 e. The molecule has 1 N–H and O–H groups in total. The largest absolute Gasteiger partial charge is 0.382 e. The molecule has 29 heavy (non-hydrogen) atoms. The Kier molecular flexibility index (Phi) is 7.13. The zero-order valence-corrected chi connectivity index (χ0v) is 16.8. The van der Waals surface area contributed by atoms with E-state index in [1.165, 1.54) is 16.5 Å². The maximum Gasteiger partial charge on any atom is 0.299 e. The van der Waals surface area contributed by atoms with Crippen molar-refractivity contribution in [2.45, 2.75) is 39.7 Å². The van der Waals surface area contributed by atoms with E-state index in [-0.39, 0.29) is 30.0 Å². The molecule has 2 heterocycles. The second-order valence-corrected chi connectivity index (χ2v) is 6.65. The number of amides is 1. The number of aromatic nitrogens is 3. The summed E-state index contributed by atoms with van der Waals surface area (Å²) in [7, 11) is 0. The molecule has 0 aliphatic heterocycles. The topological polar surface area (TPSA) is 99.2 Å². The number of benzene rings is 1. The molecule has 0 spiro atoms. The fraction of sp³-hybridized carbons (Fsp3) is 0.429. The van der Waals surface area contributed by atoms with E-state index in [1.807, 2.05) is 31.2 Å². The molecule has 0 aliphatic rings. The second-order valence-electron chi connectivity index (χ2n) is 6.65. The highest BCUT2D eigenvalue weighted by atomic mass is 16.5. The van der Waals surface area contributed by atoms with Crippen LogP contribution in [0.15, 0.2) is 39.9 Å². The third kappa shape index (κ3) is 5.08. The lowest BCUT2D eigenvalue weighted by atomic mass is 10.1. The summed E-state index contributed by atoms with van der Waals surface area (Å²) in [6.45, 7) is 6.07. The summed E-state index contributed by atoms with van der Waals surface area (Å²) in [5, 5.41) is 6.85. The van der Waals surface area contributed by atoms with Gasteiger partial charge in [-0.05, 0) is 25.3 Å². The van der Waals surface area contributed by atoms with Crippen molar-refractivity contribution in [3.63, 3.8) is 0 Å². The second kappa shape index (κ2) is 9.97. The number of hydrogen-bond donors (Lipinski definition) is 1. The molecule has 0 saturated carbocycles. The molecule has 0 saturated heterocycles. The number of carbonyl (C=O) groups excluding carboxylic acids is 1. The first-order chi connectivity index (χ1) is 14.1. The number of fused-ring (bicyclic) bond motifs is 1. The number of carbonyl (C=O) groups is 1. The van der Waals surface area contributed by atoms with Crippen molar-refractivity contribution in [3.8, 4) is 11.3 Å². The minimum atomic E-state index is -0.344. The van der Waals surface area contributed by atoms with Gasteiger partial charge in [0.25, 0.3) is 11.1 Å². The Balaban J connectivity index is 1.66. The summed E-state index contributed by atoms with van der Waals surface area (Å²) in [4.78, 5) is 29.0. The van der Waals surface area contributed by atoms with Crippen LogP contribution in [0.4, 0.5) is 0 Å². The van der Waals surface area contributed by atoms with Crippen molar-refractivity contribution in [1.82, 2.24) is 20.0 Å². The average molecular weight is 398 g/mol. The van der Waals surface area contributed by atoms with Crippen molar-refractivity contribution in [1.29, 1.82) is 0 Å². The van der Waals surface area contributed by atoms with E-state index in [4.69, 9.17) is 9.26 Å². The van der Waals surface area contributed by atoms with Crippen LogP contribution in [0.2, 0.25) is 0 Å². The number of nitrogens with zero attached hydrogens (tertiary/aromatic N) is 3. The molecule has 8 nitrogen and oxygen atoms in total. The summed E-state index contributed by atoms with van der Waals surface area (Å²) in [5.74, 6) is -0.122. The van der Waals surface area contributed by atoms with Gasteiger partial charge in [0.2, 0.25) is 5.91 Å². The summed E-state index contributed by atoms with van der Waals surface area (Å²) in [6, 6.07) is 7.92. The highest BCUT2D eigenvalue weighted by Gasteiger charge is 2.16.